The number of hydrogen-bond acceptors (Lipinski definition) is 8. The van der Waals surface area contributed by atoms with Gasteiger partial charge in [-0.15, -0.1) is 15.3 Å². The lowest BCUT2D eigenvalue weighted by atomic mass is 10.2. The number of rotatable bonds is 3. The van der Waals surface area contributed by atoms with Crippen molar-refractivity contribution >= 4 is 17.4 Å². The van der Waals surface area contributed by atoms with E-state index in [9.17, 15) is 0 Å². The summed E-state index contributed by atoms with van der Waals surface area (Å²) < 4.78 is 7.05. The van der Waals surface area contributed by atoms with Crippen molar-refractivity contribution in [1.29, 1.82) is 0 Å². The molecule has 0 bridgehead atoms. The summed E-state index contributed by atoms with van der Waals surface area (Å²) in [6, 6.07) is 13.8. The van der Waals surface area contributed by atoms with Crippen LogP contribution in [0.4, 0.5) is 11.6 Å². The summed E-state index contributed by atoms with van der Waals surface area (Å²) in [6.07, 6.45) is 4.31. The lowest BCUT2D eigenvalue weighted by molar-refractivity contribution is 0.577. The zero-order valence-electron chi connectivity index (χ0n) is 16.1. The Morgan fingerprint density at radius 1 is 1.00 bits per heavy atom. The molecule has 9 heteroatoms. The Morgan fingerprint density at radius 3 is 2.83 bits per heavy atom. The number of nitrogens with zero attached hydrogens (tertiary/aromatic N) is 8. The fourth-order valence-electron chi connectivity index (χ4n) is 3.76. The summed E-state index contributed by atoms with van der Waals surface area (Å²) in [4.78, 5) is 15.8. The highest BCUT2D eigenvalue weighted by Crippen LogP contribution is 2.33. The predicted octanol–water partition coefficient (Wildman–Crippen LogP) is 3.24. The van der Waals surface area contributed by atoms with E-state index in [0.717, 1.165) is 24.3 Å². The maximum Gasteiger partial charge on any atom is 0.272 e. The summed E-state index contributed by atoms with van der Waals surface area (Å²) >= 11 is 0. The molecule has 0 saturated carbocycles. The Morgan fingerprint density at radius 2 is 1.93 bits per heavy atom. The van der Waals surface area contributed by atoms with Gasteiger partial charge in [-0.2, -0.15) is 9.50 Å². The molecular weight excluding hydrogens is 380 g/mol. The van der Waals surface area contributed by atoms with Crippen LogP contribution in [-0.4, -0.2) is 41.3 Å². The third-order valence-electron chi connectivity index (χ3n) is 5.25. The molecule has 1 aliphatic heterocycles. The highest BCUT2D eigenvalue weighted by atomic mass is 16.3. The van der Waals surface area contributed by atoms with Gasteiger partial charge in [0.15, 0.2) is 5.76 Å². The maximum absolute atomic E-state index is 5.39. The molecular formula is C21H16N8O. The van der Waals surface area contributed by atoms with Crippen LogP contribution in [0.5, 0.6) is 0 Å². The molecule has 146 valence electrons. The third-order valence-corrected chi connectivity index (χ3v) is 5.25. The molecule has 1 aliphatic rings. The molecule has 30 heavy (non-hydrogen) atoms. The van der Waals surface area contributed by atoms with Gasteiger partial charge < -0.3 is 9.32 Å². The van der Waals surface area contributed by atoms with Crippen LogP contribution < -0.4 is 4.90 Å². The topological polar surface area (TPSA) is 98.1 Å². The molecule has 0 aliphatic carbocycles. The molecule has 0 atom stereocenters. The second-order valence-corrected chi connectivity index (χ2v) is 7.03. The van der Waals surface area contributed by atoms with Crippen LogP contribution in [0, 0.1) is 6.92 Å². The van der Waals surface area contributed by atoms with Gasteiger partial charge in [-0.25, -0.2) is 9.97 Å². The SMILES string of the molecule is Cc1c(-c2ccnc(N3CCc4ccccc43)n2)nnc2nc(-c3ccco3)nn12. The molecule has 1 aromatic carbocycles. The number of para-hydroxylation sites is 1. The van der Waals surface area contributed by atoms with Crippen molar-refractivity contribution in [2.75, 3.05) is 11.4 Å². The zero-order valence-corrected chi connectivity index (χ0v) is 16.1. The van der Waals surface area contributed by atoms with Crippen LogP contribution >= 0.6 is 0 Å². The van der Waals surface area contributed by atoms with Crippen molar-refractivity contribution in [3.05, 3.63) is 66.2 Å². The first-order valence-electron chi connectivity index (χ1n) is 9.61. The van der Waals surface area contributed by atoms with Crippen molar-refractivity contribution < 1.29 is 4.42 Å². The van der Waals surface area contributed by atoms with Crippen molar-refractivity contribution in [3.8, 4) is 23.0 Å². The fraction of sp³-hybridized carbons (Fsp3) is 0.143. The van der Waals surface area contributed by atoms with Gasteiger partial charge in [0.2, 0.25) is 11.8 Å². The van der Waals surface area contributed by atoms with E-state index in [-0.39, 0.29) is 0 Å². The number of aromatic nitrogens is 7. The van der Waals surface area contributed by atoms with Crippen LogP contribution in [0.15, 0.2) is 59.3 Å². The first-order valence-corrected chi connectivity index (χ1v) is 9.61. The highest BCUT2D eigenvalue weighted by molar-refractivity contribution is 5.67. The molecule has 0 amide bonds. The third kappa shape index (κ3) is 2.55. The number of benzene rings is 1. The van der Waals surface area contributed by atoms with Crippen LogP contribution in [0.1, 0.15) is 11.3 Å². The molecule has 9 nitrogen and oxygen atoms in total. The summed E-state index contributed by atoms with van der Waals surface area (Å²) in [6.45, 7) is 2.77. The number of anilines is 2. The van der Waals surface area contributed by atoms with Gasteiger partial charge in [-0.1, -0.05) is 18.2 Å². The molecule has 4 aromatic heterocycles. The second kappa shape index (κ2) is 6.45. The minimum atomic E-state index is 0.408. The van der Waals surface area contributed by atoms with Crippen LogP contribution in [0.2, 0.25) is 0 Å². The average Bonchev–Trinajstić information content (AvgIpc) is 3.52. The van der Waals surface area contributed by atoms with Crippen molar-refractivity contribution in [3.63, 3.8) is 0 Å². The maximum atomic E-state index is 5.39. The number of fused-ring (bicyclic) bond motifs is 2. The van der Waals surface area contributed by atoms with E-state index in [1.54, 1.807) is 23.0 Å². The van der Waals surface area contributed by atoms with Gasteiger partial charge in [0, 0.05) is 18.4 Å². The zero-order chi connectivity index (χ0) is 20.1. The number of hydrogen-bond donors (Lipinski definition) is 0. The standard InChI is InChI=1S/C21H16N8O/c1-13-18(25-26-21-24-19(27-29(13)21)17-7-4-12-30-17)15-8-10-22-20(23-15)28-11-9-14-5-2-3-6-16(14)28/h2-8,10,12H,9,11H2,1H3. The summed E-state index contributed by atoms with van der Waals surface area (Å²) in [5.74, 6) is 2.10. The highest BCUT2D eigenvalue weighted by Gasteiger charge is 2.23. The molecule has 0 saturated heterocycles. The molecule has 5 aromatic rings. The van der Waals surface area contributed by atoms with E-state index in [1.165, 1.54) is 5.56 Å². The molecule has 0 fully saturated rings. The normalized spacial score (nSPS) is 13.2. The predicted molar refractivity (Wildman–Crippen MR) is 109 cm³/mol. The van der Waals surface area contributed by atoms with Gasteiger partial charge in [-0.3, -0.25) is 0 Å². The minimum Gasteiger partial charge on any atom is -0.461 e. The van der Waals surface area contributed by atoms with Gasteiger partial charge in [0.05, 0.1) is 17.7 Å². The molecule has 0 spiro atoms. The number of aryl methyl sites for hydroxylation is 1. The second-order valence-electron chi connectivity index (χ2n) is 7.03. The first-order chi connectivity index (χ1) is 14.8. The van der Waals surface area contributed by atoms with E-state index in [1.807, 2.05) is 25.1 Å². The van der Waals surface area contributed by atoms with Crippen LogP contribution in [0.25, 0.3) is 28.8 Å². The summed E-state index contributed by atoms with van der Waals surface area (Å²) in [7, 11) is 0. The van der Waals surface area contributed by atoms with Crippen LogP contribution in [0.3, 0.4) is 0 Å². The first kappa shape index (κ1) is 16.8. The lowest BCUT2D eigenvalue weighted by Crippen LogP contribution is -2.16. The van der Waals surface area contributed by atoms with Crippen molar-refractivity contribution in [1.82, 2.24) is 34.8 Å². The monoisotopic (exact) mass is 396 g/mol. The van der Waals surface area contributed by atoms with Crippen LogP contribution in [-0.2, 0) is 6.42 Å². The van der Waals surface area contributed by atoms with E-state index in [4.69, 9.17) is 9.40 Å². The Labute approximate surface area is 171 Å². The van der Waals surface area contributed by atoms with Crippen molar-refractivity contribution in [2.45, 2.75) is 13.3 Å². The largest absolute Gasteiger partial charge is 0.461 e. The molecule has 0 N–H and O–H groups in total. The summed E-state index contributed by atoms with van der Waals surface area (Å²) in [5, 5.41) is 13.1. The lowest BCUT2D eigenvalue weighted by Gasteiger charge is -2.17. The molecule has 0 unspecified atom stereocenters. The summed E-state index contributed by atoms with van der Waals surface area (Å²) in [5.41, 5.74) is 4.56. The van der Waals surface area contributed by atoms with Gasteiger partial charge in [0.1, 0.15) is 5.69 Å². The van der Waals surface area contributed by atoms with E-state index in [0.29, 0.717) is 34.7 Å². The Balaban J connectivity index is 1.42. The Kier molecular flexibility index (Phi) is 3.61. The van der Waals surface area contributed by atoms with E-state index in [2.05, 4.69) is 48.4 Å². The van der Waals surface area contributed by atoms with E-state index < -0.39 is 0 Å². The molecule has 0 radical (unpaired) electrons. The van der Waals surface area contributed by atoms with Gasteiger partial charge >= 0.3 is 0 Å². The number of furan rings is 1. The Bertz CT molecular complexity index is 1380. The van der Waals surface area contributed by atoms with Gasteiger partial charge in [-0.05, 0) is 43.2 Å². The Hall–Kier alpha value is -4.14. The van der Waals surface area contributed by atoms with E-state index >= 15 is 0 Å². The average molecular weight is 396 g/mol. The molecule has 6 rings (SSSR count). The quantitative estimate of drug-likeness (QED) is 0.458. The minimum absolute atomic E-state index is 0.408. The smallest absolute Gasteiger partial charge is 0.272 e. The van der Waals surface area contributed by atoms with Gasteiger partial charge in [0.25, 0.3) is 5.78 Å². The fourth-order valence-corrected chi connectivity index (χ4v) is 3.76. The molecule has 5 heterocycles. The van der Waals surface area contributed by atoms with Crippen molar-refractivity contribution in [2.24, 2.45) is 0 Å².